The fourth-order valence-electron chi connectivity index (χ4n) is 1.27. The third-order valence-corrected chi connectivity index (χ3v) is 2.98. The third kappa shape index (κ3) is 3.85. The quantitative estimate of drug-likeness (QED) is 0.562. The van der Waals surface area contributed by atoms with Crippen molar-refractivity contribution in [1.29, 1.82) is 0 Å². The van der Waals surface area contributed by atoms with E-state index < -0.39 is 6.16 Å². The van der Waals surface area contributed by atoms with Crippen LogP contribution >= 0.6 is 31.9 Å². The lowest BCUT2D eigenvalue weighted by atomic mass is 10.3. The van der Waals surface area contributed by atoms with Gasteiger partial charge in [0.15, 0.2) is 0 Å². The van der Waals surface area contributed by atoms with Crippen molar-refractivity contribution in [2.75, 3.05) is 0 Å². The van der Waals surface area contributed by atoms with Crippen molar-refractivity contribution < 1.29 is 14.3 Å². The smallest absolute Gasteiger partial charge is 0.395 e. The number of hydrogen-bond acceptors (Lipinski definition) is 3. The van der Waals surface area contributed by atoms with Gasteiger partial charge in [0, 0.05) is 8.95 Å². The number of benzene rings is 2. The van der Waals surface area contributed by atoms with Gasteiger partial charge in [0.05, 0.1) is 0 Å². The standard InChI is InChI=1S/C13H8Br2O3/c14-9-3-1-5-11(7-9)17-13(16)18-12-6-2-4-10(15)8-12/h1-8H. The van der Waals surface area contributed by atoms with Crippen LogP contribution < -0.4 is 9.47 Å². The molecule has 0 aliphatic carbocycles. The molecule has 3 nitrogen and oxygen atoms in total. The molecule has 5 heteroatoms. The first-order valence-electron chi connectivity index (χ1n) is 5.04. The summed E-state index contributed by atoms with van der Waals surface area (Å²) in [6.07, 6.45) is -0.772. The first-order chi connectivity index (χ1) is 8.63. The van der Waals surface area contributed by atoms with Gasteiger partial charge in [-0.05, 0) is 36.4 Å². The summed E-state index contributed by atoms with van der Waals surface area (Å²) in [7, 11) is 0. The molecule has 0 spiro atoms. The number of hydrogen-bond donors (Lipinski definition) is 0. The maximum absolute atomic E-state index is 11.5. The lowest BCUT2D eigenvalue weighted by Gasteiger charge is -2.05. The Bertz CT molecular complexity index is 520. The Morgan fingerprint density at radius 2 is 1.28 bits per heavy atom. The lowest BCUT2D eigenvalue weighted by molar-refractivity contribution is 0.152. The first-order valence-corrected chi connectivity index (χ1v) is 6.63. The molecule has 0 aliphatic rings. The maximum Gasteiger partial charge on any atom is 0.519 e. The summed E-state index contributed by atoms with van der Waals surface area (Å²) in [5.74, 6) is 0.841. The summed E-state index contributed by atoms with van der Waals surface area (Å²) in [6.45, 7) is 0. The molecular formula is C13H8Br2O3. The van der Waals surface area contributed by atoms with Gasteiger partial charge in [-0.2, -0.15) is 0 Å². The second kappa shape index (κ2) is 6.02. The predicted octanol–water partition coefficient (Wildman–Crippen LogP) is 4.79. The summed E-state index contributed by atoms with van der Waals surface area (Å²) >= 11 is 6.58. The maximum atomic E-state index is 11.5. The zero-order valence-electron chi connectivity index (χ0n) is 9.10. The summed E-state index contributed by atoms with van der Waals surface area (Å²) in [4.78, 5) is 11.5. The van der Waals surface area contributed by atoms with Crippen molar-refractivity contribution in [2.45, 2.75) is 0 Å². The van der Waals surface area contributed by atoms with Gasteiger partial charge >= 0.3 is 6.16 Å². The average Bonchev–Trinajstić information content (AvgIpc) is 2.28. The summed E-state index contributed by atoms with van der Waals surface area (Å²) in [6, 6.07) is 13.9. The monoisotopic (exact) mass is 370 g/mol. The number of carbonyl (C=O) groups is 1. The molecule has 2 aromatic carbocycles. The predicted molar refractivity (Wildman–Crippen MR) is 74.9 cm³/mol. The Balaban J connectivity index is 2.01. The summed E-state index contributed by atoms with van der Waals surface area (Å²) in [5, 5.41) is 0. The molecule has 2 aromatic rings. The number of carbonyl (C=O) groups excluding carboxylic acids is 1. The molecule has 2 rings (SSSR count). The molecule has 0 fully saturated rings. The highest BCUT2D eigenvalue weighted by Crippen LogP contribution is 2.20. The van der Waals surface area contributed by atoms with Crippen molar-refractivity contribution in [3.05, 3.63) is 57.5 Å². The zero-order chi connectivity index (χ0) is 13.0. The number of ether oxygens (including phenoxy) is 2. The van der Waals surface area contributed by atoms with E-state index in [0.29, 0.717) is 11.5 Å². The van der Waals surface area contributed by atoms with Crippen LogP contribution in [-0.4, -0.2) is 6.16 Å². The molecule has 0 radical (unpaired) electrons. The van der Waals surface area contributed by atoms with Crippen LogP contribution in [0, 0.1) is 0 Å². The van der Waals surface area contributed by atoms with Gasteiger partial charge in [-0.1, -0.05) is 44.0 Å². The fourth-order valence-corrected chi connectivity index (χ4v) is 2.03. The molecule has 0 N–H and O–H groups in total. The third-order valence-electron chi connectivity index (χ3n) is 1.99. The highest BCUT2D eigenvalue weighted by molar-refractivity contribution is 9.10. The normalized spacial score (nSPS) is 9.89. The molecule has 0 amide bonds. The van der Waals surface area contributed by atoms with Gasteiger partial charge in [-0.15, -0.1) is 0 Å². The van der Waals surface area contributed by atoms with Crippen LogP contribution in [0.2, 0.25) is 0 Å². The van der Waals surface area contributed by atoms with Crippen LogP contribution in [0.15, 0.2) is 57.5 Å². The second-order valence-corrected chi connectivity index (χ2v) is 5.20. The molecule has 0 saturated heterocycles. The Hall–Kier alpha value is -1.33. The van der Waals surface area contributed by atoms with Crippen LogP contribution in [0.3, 0.4) is 0 Å². The summed E-state index contributed by atoms with van der Waals surface area (Å²) < 4.78 is 11.7. The van der Waals surface area contributed by atoms with Crippen LogP contribution in [0.5, 0.6) is 11.5 Å². The molecule has 0 aliphatic heterocycles. The minimum Gasteiger partial charge on any atom is -0.395 e. The highest BCUT2D eigenvalue weighted by atomic mass is 79.9. The topological polar surface area (TPSA) is 35.5 Å². The Morgan fingerprint density at radius 3 is 1.67 bits per heavy atom. The van der Waals surface area contributed by atoms with Crippen LogP contribution in [0.4, 0.5) is 4.79 Å². The van der Waals surface area contributed by atoms with Gasteiger partial charge in [-0.25, -0.2) is 4.79 Å². The van der Waals surface area contributed by atoms with E-state index in [1.807, 2.05) is 12.1 Å². The number of halogens is 2. The zero-order valence-corrected chi connectivity index (χ0v) is 12.3. The molecule has 92 valence electrons. The van der Waals surface area contributed by atoms with Crippen LogP contribution in [-0.2, 0) is 0 Å². The van der Waals surface area contributed by atoms with Gasteiger partial charge in [0.25, 0.3) is 0 Å². The SMILES string of the molecule is O=C(Oc1cccc(Br)c1)Oc1cccc(Br)c1. The van der Waals surface area contributed by atoms with Gasteiger partial charge in [-0.3, -0.25) is 0 Å². The largest absolute Gasteiger partial charge is 0.519 e. The molecule has 0 heterocycles. The Kier molecular flexibility index (Phi) is 4.38. The molecule has 0 aromatic heterocycles. The highest BCUT2D eigenvalue weighted by Gasteiger charge is 2.08. The fraction of sp³-hybridized carbons (Fsp3) is 0. The molecule has 0 atom stereocenters. The van der Waals surface area contributed by atoms with E-state index in [0.717, 1.165) is 8.95 Å². The number of rotatable bonds is 2. The Labute approximate surface area is 121 Å². The van der Waals surface area contributed by atoms with Crippen LogP contribution in [0.1, 0.15) is 0 Å². The minimum absolute atomic E-state index is 0.421. The molecular weight excluding hydrogens is 364 g/mol. The van der Waals surface area contributed by atoms with Gasteiger partial charge in [0.1, 0.15) is 11.5 Å². The molecule has 0 bridgehead atoms. The second-order valence-electron chi connectivity index (χ2n) is 3.37. The Morgan fingerprint density at radius 1 is 0.833 bits per heavy atom. The van der Waals surface area contributed by atoms with Gasteiger partial charge < -0.3 is 9.47 Å². The van der Waals surface area contributed by atoms with E-state index in [4.69, 9.17) is 9.47 Å². The molecule has 0 saturated carbocycles. The van der Waals surface area contributed by atoms with Crippen molar-refractivity contribution in [3.63, 3.8) is 0 Å². The summed E-state index contributed by atoms with van der Waals surface area (Å²) in [5.41, 5.74) is 0. The van der Waals surface area contributed by atoms with E-state index in [1.54, 1.807) is 36.4 Å². The van der Waals surface area contributed by atoms with Crippen molar-refractivity contribution >= 4 is 38.0 Å². The molecule has 18 heavy (non-hydrogen) atoms. The van der Waals surface area contributed by atoms with Crippen molar-refractivity contribution in [3.8, 4) is 11.5 Å². The van der Waals surface area contributed by atoms with E-state index >= 15 is 0 Å². The van der Waals surface area contributed by atoms with Crippen LogP contribution in [0.25, 0.3) is 0 Å². The molecule has 0 unspecified atom stereocenters. The van der Waals surface area contributed by atoms with Crippen molar-refractivity contribution in [1.82, 2.24) is 0 Å². The van der Waals surface area contributed by atoms with E-state index in [1.165, 1.54) is 0 Å². The van der Waals surface area contributed by atoms with E-state index in [-0.39, 0.29) is 0 Å². The lowest BCUT2D eigenvalue weighted by Crippen LogP contribution is -2.13. The van der Waals surface area contributed by atoms with E-state index in [9.17, 15) is 4.79 Å². The minimum atomic E-state index is -0.772. The van der Waals surface area contributed by atoms with Gasteiger partial charge in [0.2, 0.25) is 0 Å². The first kappa shape index (κ1) is 13.1. The average molecular weight is 372 g/mol. The van der Waals surface area contributed by atoms with E-state index in [2.05, 4.69) is 31.9 Å². The van der Waals surface area contributed by atoms with Crippen molar-refractivity contribution in [2.24, 2.45) is 0 Å².